The molecule has 0 aliphatic heterocycles. The molecular weight excluding hydrogens is 208 g/mol. The molecule has 0 radical (unpaired) electrons. The number of nitrogens with zero attached hydrogens (tertiary/aromatic N) is 1. The molecular formula is C15H24N2. The van der Waals surface area contributed by atoms with E-state index in [1.807, 2.05) is 0 Å². The summed E-state index contributed by atoms with van der Waals surface area (Å²) in [6, 6.07) is 7.71. The van der Waals surface area contributed by atoms with Gasteiger partial charge >= 0.3 is 0 Å². The van der Waals surface area contributed by atoms with Crippen LogP contribution in [0.15, 0.2) is 18.2 Å². The average molecular weight is 232 g/mol. The fourth-order valence-electron chi connectivity index (χ4n) is 3.00. The highest BCUT2D eigenvalue weighted by Gasteiger charge is 2.35. The molecule has 1 fully saturated rings. The molecule has 0 amide bonds. The summed E-state index contributed by atoms with van der Waals surface area (Å²) in [7, 11) is 4.35. The van der Waals surface area contributed by atoms with E-state index in [1.165, 1.54) is 16.7 Å². The number of aryl methyl sites for hydroxylation is 2. The Balaban J connectivity index is 2.29. The van der Waals surface area contributed by atoms with Crippen molar-refractivity contribution in [2.24, 2.45) is 11.7 Å². The second-order valence-corrected chi connectivity index (χ2v) is 5.76. The van der Waals surface area contributed by atoms with Crippen LogP contribution >= 0.6 is 0 Å². The van der Waals surface area contributed by atoms with E-state index in [4.69, 9.17) is 5.73 Å². The van der Waals surface area contributed by atoms with Crippen LogP contribution in [0.1, 0.15) is 35.6 Å². The van der Waals surface area contributed by atoms with E-state index in [0.717, 1.165) is 18.8 Å². The van der Waals surface area contributed by atoms with Gasteiger partial charge in [0.25, 0.3) is 0 Å². The molecule has 1 aliphatic rings. The molecule has 0 aromatic heterocycles. The van der Waals surface area contributed by atoms with Gasteiger partial charge < -0.3 is 10.6 Å². The highest BCUT2D eigenvalue weighted by Crippen LogP contribution is 2.40. The number of rotatable bonds is 3. The largest absolute Gasteiger partial charge is 0.328 e. The van der Waals surface area contributed by atoms with Crippen molar-refractivity contribution in [3.8, 4) is 0 Å². The minimum Gasteiger partial charge on any atom is -0.328 e. The molecule has 1 aromatic carbocycles. The first-order valence-electron chi connectivity index (χ1n) is 6.48. The van der Waals surface area contributed by atoms with Crippen molar-refractivity contribution in [1.29, 1.82) is 0 Å². The summed E-state index contributed by atoms with van der Waals surface area (Å²) in [5, 5.41) is 0. The van der Waals surface area contributed by atoms with E-state index in [-0.39, 0.29) is 0 Å². The molecule has 0 heterocycles. The van der Waals surface area contributed by atoms with Crippen molar-refractivity contribution in [2.75, 3.05) is 14.1 Å². The van der Waals surface area contributed by atoms with Crippen LogP contribution in [0.2, 0.25) is 0 Å². The average Bonchev–Trinajstić information content (AvgIpc) is 2.20. The summed E-state index contributed by atoms with van der Waals surface area (Å²) in [6.07, 6.45) is 2.33. The topological polar surface area (TPSA) is 29.3 Å². The quantitative estimate of drug-likeness (QED) is 0.868. The zero-order chi connectivity index (χ0) is 12.6. The van der Waals surface area contributed by atoms with E-state index in [2.05, 4.69) is 51.0 Å². The molecule has 2 rings (SSSR count). The minimum absolute atomic E-state index is 0.424. The predicted octanol–water partition coefficient (Wildman–Crippen LogP) is 2.64. The van der Waals surface area contributed by atoms with Gasteiger partial charge in [-0.25, -0.2) is 0 Å². The van der Waals surface area contributed by atoms with E-state index < -0.39 is 0 Å². The monoisotopic (exact) mass is 232 g/mol. The highest BCUT2D eigenvalue weighted by atomic mass is 15.1. The molecule has 0 saturated heterocycles. The maximum Gasteiger partial charge on any atom is 0.0374 e. The van der Waals surface area contributed by atoms with Crippen molar-refractivity contribution in [3.05, 3.63) is 34.9 Å². The Bertz CT molecular complexity index is 392. The van der Waals surface area contributed by atoms with Gasteiger partial charge in [-0.2, -0.15) is 0 Å². The van der Waals surface area contributed by atoms with Crippen molar-refractivity contribution in [3.63, 3.8) is 0 Å². The van der Waals surface area contributed by atoms with Gasteiger partial charge in [0.1, 0.15) is 0 Å². The Morgan fingerprint density at radius 1 is 1.24 bits per heavy atom. The molecule has 1 unspecified atom stereocenters. The van der Waals surface area contributed by atoms with Crippen LogP contribution in [-0.4, -0.2) is 25.0 Å². The zero-order valence-electron chi connectivity index (χ0n) is 11.4. The fourth-order valence-corrected chi connectivity index (χ4v) is 3.00. The molecule has 0 bridgehead atoms. The summed E-state index contributed by atoms with van der Waals surface area (Å²) >= 11 is 0. The van der Waals surface area contributed by atoms with Crippen LogP contribution in [0.4, 0.5) is 0 Å². The van der Waals surface area contributed by atoms with Gasteiger partial charge in [-0.3, -0.25) is 0 Å². The summed E-state index contributed by atoms with van der Waals surface area (Å²) in [6.45, 7) is 4.38. The van der Waals surface area contributed by atoms with Gasteiger partial charge in [0.15, 0.2) is 0 Å². The Labute approximate surface area is 105 Å². The second kappa shape index (κ2) is 4.79. The molecule has 17 heavy (non-hydrogen) atoms. The lowest BCUT2D eigenvalue weighted by Crippen LogP contribution is -2.43. The Hall–Kier alpha value is -0.860. The van der Waals surface area contributed by atoms with Crippen LogP contribution in [0, 0.1) is 19.8 Å². The standard InChI is InChI=1S/C15H24N2/c1-10-5-6-11(2)14(7-10)15(17(3)4)12-8-13(16)9-12/h5-7,12-13,15H,8-9,16H2,1-4H3. The Kier molecular flexibility index (Phi) is 3.55. The molecule has 1 aromatic rings. The number of nitrogens with two attached hydrogens (primary N) is 1. The van der Waals surface area contributed by atoms with Gasteiger partial charge in [-0.15, -0.1) is 0 Å². The number of hydrogen-bond acceptors (Lipinski definition) is 2. The minimum atomic E-state index is 0.424. The van der Waals surface area contributed by atoms with Gasteiger partial charge in [-0.1, -0.05) is 23.8 Å². The van der Waals surface area contributed by atoms with E-state index >= 15 is 0 Å². The van der Waals surface area contributed by atoms with Crippen LogP contribution < -0.4 is 5.73 Å². The third-order valence-electron chi connectivity index (χ3n) is 3.97. The van der Waals surface area contributed by atoms with Gasteiger partial charge in [0.05, 0.1) is 0 Å². The maximum absolute atomic E-state index is 5.93. The molecule has 2 N–H and O–H groups in total. The predicted molar refractivity (Wildman–Crippen MR) is 73.0 cm³/mol. The van der Waals surface area contributed by atoms with E-state index in [1.54, 1.807) is 0 Å². The summed E-state index contributed by atoms with van der Waals surface area (Å²) in [5.74, 6) is 0.723. The molecule has 2 nitrogen and oxygen atoms in total. The third-order valence-corrected chi connectivity index (χ3v) is 3.97. The molecule has 1 atom stereocenters. The molecule has 1 saturated carbocycles. The van der Waals surface area contributed by atoms with E-state index in [9.17, 15) is 0 Å². The van der Waals surface area contributed by atoms with Crippen molar-refractivity contribution >= 4 is 0 Å². The van der Waals surface area contributed by atoms with Crippen LogP contribution in [0.25, 0.3) is 0 Å². The lowest BCUT2D eigenvalue weighted by molar-refractivity contribution is 0.123. The van der Waals surface area contributed by atoms with Crippen LogP contribution in [0.5, 0.6) is 0 Å². The van der Waals surface area contributed by atoms with Crippen molar-refractivity contribution in [1.82, 2.24) is 4.90 Å². The van der Waals surface area contributed by atoms with Gasteiger partial charge in [-0.05, 0) is 57.8 Å². The SMILES string of the molecule is Cc1ccc(C)c(C(C2CC(N)C2)N(C)C)c1. The lowest BCUT2D eigenvalue weighted by atomic mass is 9.72. The molecule has 0 spiro atoms. The van der Waals surface area contributed by atoms with E-state index in [0.29, 0.717) is 12.1 Å². The first-order chi connectivity index (χ1) is 7.99. The maximum atomic E-state index is 5.93. The van der Waals surface area contributed by atoms with Gasteiger partial charge in [0, 0.05) is 12.1 Å². The zero-order valence-corrected chi connectivity index (χ0v) is 11.4. The Morgan fingerprint density at radius 2 is 1.88 bits per heavy atom. The van der Waals surface area contributed by atoms with Crippen molar-refractivity contribution < 1.29 is 0 Å². The lowest BCUT2D eigenvalue weighted by Gasteiger charge is -2.42. The van der Waals surface area contributed by atoms with Crippen LogP contribution in [-0.2, 0) is 0 Å². The van der Waals surface area contributed by atoms with Crippen molar-refractivity contribution in [2.45, 2.75) is 38.8 Å². The first kappa shape index (κ1) is 12.6. The Morgan fingerprint density at radius 3 is 2.41 bits per heavy atom. The summed E-state index contributed by atoms with van der Waals surface area (Å²) in [4.78, 5) is 2.35. The third kappa shape index (κ3) is 2.53. The number of benzene rings is 1. The number of hydrogen-bond donors (Lipinski definition) is 1. The molecule has 2 heteroatoms. The molecule has 94 valence electrons. The summed E-state index contributed by atoms with van der Waals surface area (Å²) in [5.41, 5.74) is 10.2. The fraction of sp³-hybridized carbons (Fsp3) is 0.600. The smallest absolute Gasteiger partial charge is 0.0374 e. The first-order valence-corrected chi connectivity index (χ1v) is 6.48. The summed E-state index contributed by atoms with van der Waals surface area (Å²) < 4.78 is 0. The van der Waals surface area contributed by atoms with Crippen LogP contribution in [0.3, 0.4) is 0 Å². The molecule has 1 aliphatic carbocycles. The highest BCUT2D eigenvalue weighted by molar-refractivity contribution is 5.34. The van der Waals surface area contributed by atoms with Gasteiger partial charge in [0.2, 0.25) is 0 Å². The second-order valence-electron chi connectivity index (χ2n) is 5.76. The normalized spacial score (nSPS) is 25.8.